The molecule has 1 aromatic carbocycles. The van der Waals surface area contributed by atoms with E-state index in [1.165, 1.54) is 0 Å². The van der Waals surface area contributed by atoms with Gasteiger partial charge in [0.05, 0.1) is 16.8 Å². The first-order chi connectivity index (χ1) is 10.8. The minimum atomic E-state index is -0.139. The van der Waals surface area contributed by atoms with Gasteiger partial charge in [-0.1, -0.05) is 29.8 Å². The molecular weight excluding hydrogens is 300 g/mol. The Morgan fingerprint density at radius 1 is 1.23 bits per heavy atom. The molecule has 0 unspecified atom stereocenters. The fourth-order valence-corrected chi connectivity index (χ4v) is 3.23. The summed E-state index contributed by atoms with van der Waals surface area (Å²) >= 11 is 6.16. The number of rotatable bonds is 2. The maximum atomic E-state index is 13.0. The van der Waals surface area contributed by atoms with E-state index in [1.807, 2.05) is 30.3 Å². The molecule has 1 aliphatic rings. The second-order valence-corrected chi connectivity index (χ2v) is 5.85. The van der Waals surface area contributed by atoms with E-state index >= 15 is 0 Å². The van der Waals surface area contributed by atoms with Gasteiger partial charge < -0.3 is 5.32 Å². The van der Waals surface area contributed by atoms with Gasteiger partial charge in [0.25, 0.3) is 5.56 Å². The zero-order valence-corrected chi connectivity index (χ0v) is 12.6. The van der Waals surface area contributed by atoms with Crippen LogP contribution in [0.15, 0.2) is 47.4 Å². The fraction of sp³-hybridized carbons (Fsp3) is 0.250. The van der Waals surface area contributed by atoms with Crippen LogP contribution in [0.3, 0.4) is 0 Å². The molecule has 0 spiro atoms. The molecule has 0 aliphatic carbocycles. The quantitative estimate of drug-likeness (QED) is 0.791. The van der Waals surface area contributed by atoms with Crippen LogP contribution in [-0.4, -0.2) is 20.7 Å². The van der Waals surface area contributed by atoms with E-state index in [-0.39, 0.29) is 11.6 Å². The highest BCUT2D eigenvalue weighted by molar-refractivity contribution is 6.33. The number of para-hydroxylation sites is 1. The van der Waals surface area contributed by atoms with Gasteiger partial charge in [0.2, 0.25) is 0 Å². The second-order valence-electron chi connectivity index (χ2n) is 5.44. The van der Waals surface area contributed by atoms with Crippen LogP contribution >= 0.6 is 11.6 Å². The van der Waals surface area contributed by atoms with Crippen LogP contribution in [0.25, 0.3) is 11.2 Å². The minimum absolute atomic E-state index is 0.0819. The number of aromatic nitrogens is 3. The summed E-state index contributed by atoms with van der Waals surface area (Å²) in [6.07, 6.45) is 3.78. The van der Waals surface area contributed by atoms with Crippen LogP contribution in [0.4, 0.5) is 0 Å². The van der Waals surface area contributed by atoms with Crippen molar-refractivity contribution >= 4 is 17.1 Å². The van der Waals surface area contributed by atoms with Gasteiger partial charge in [0.1, 0.15) is 5.52 Å². The van der Waals surface area contributed by atoms with Crippen molar-refractivity contribution in [3.8, 4) is 5.69 Å². The third-order valence-corrected chi connectivity index (χ3v) is 4.35. The van der Waals surface area contributed by atoms with E-state index in [1.54, 1.807) is 21.3 Å². The molecule has 1 saturated heterocycles. The van der Waals surface area contributed by atoms with E-state index in [9.17, 15) is 4.79 Å². The van der Waals surface area contributed by atoms with Crippen molar-refractivity contribution in [3.63, 3.8) is 0 Å². The highest BCUT2D eigenvalue weighted by Crippen LogP contribution is 2.24. The van der Waals surface area contributed by atoms with E-state index < -0.39 is 0 Å². The molecule has 112 valence electrons. The summed E-state index contributed by atoms with van der Waals surface area (Å²) in [5.74, 6) is 0.730. The lowest BCUT2D eigenvalue weighted by Gasteiger charge is -2.17. The Morgan fingerprint density at radius 2 is 2.05 bits per heavy atom. The number of benzene rings is 1. The molecule has 3 heterocycles. The van der Waals surface area contributed by atoms with Crippen LogP contribution in [0.2, 0.25) is 5.02 Å². The second kappa shape index (κ2) is 5.26. The Morgan fingerprint density at radius 3 is 2.77 bits per heavy atom. The standard InChI is InChI=1S/C16H15ClN4O/c17-12-8-10-20-14(12)16(22)21(11-5-2-1-3-6-11)15(19-20)13-7-4-9-18-13/h1-3,5-6,8,10,13,18H,4,7,9H2/t13-/m0/s1. The number of hydrogen-bond acceptors (Lipinski definition) is 3. The number of hydrogen-bond donors (Lipinski definition) is 1. The maximum Gasteiger partial charge on any atom is 0.284 e. The molecular formula is C16H15ClN4O. The van der Waals surface area contributed by atoms with Crippen LogP contribution in [0.5, 0.6) is 0 Å². The summed E-state index contributed by atoms with van der Waals surface area (Å²) in [5.41, 5.74) is 1.08. The highest BCUT2D eigenvalue weighted by atomic mass is 35.5. The Labute approximate surface area is 132 Å². The molecule has 1 atom stereocenters. The van der Waals surface area contributed by atoms with Crippen molar-refractivity contribution in [2.75, 3.05) is 6.54 Å². The average Bonchev–Trinajstić information content (AvgIpc) is 3.18. The molecule has 1 N–H and O–H groups in total. The van der Waals surface area contributed by atoms with Gasteiger partial charge in [-0.2, -0.15) is 5.10 Å². The predicted molar refractivity (Wildman–Crippen MR) is 85.8 cm³/mol. The molecule has 6 heteroatoms. The summed E-state index contributed by atoms with van der Waals surface area (Å²) in [5, 5.41) is 8.49. The van der Waals surface area contributed by atoms with E-state index in [4.69, 9.17) is 11.6 Å². The molecule has 0 amide bonds. The molecule has 3 aromatic rings. The van der Waals surface area contributed by atoms with Crippen molar-refractivity contribution in [3.05, 3.63) is 63.8 Å². The third-order valence-electron chi connectivity index (χ3n) is 4.05. The van der Waals surface area contributed by atoms with Crippen molar-refractivity contribution in [1.82, 2.24) is 19.5 Å². The number of fused-ring (bicyclic) bond motifs is 1. The first-order valence-corrected chi connectivity index (χ1v) is 7.72. The first-order valence-electron chi connectivity index (χ1n) is 7.34. The van der Waals surface area contributed by atoms with Crippen LogP contribution in [-0.2, 0) is 0 Å². The molecule has 2 aromatic heterocycles. The van der Waals surface area contributed by atoms with E-state index in [0.717, 1.165) is 30.9 Å². The molecule has 1 fully saturated rings. The fourth-order valence-electron chi connectivity index (χ4n) is 3.00. The minimum Gasteiger partial charge on any atom is -0.307 e. The summed E-state index contributed by atoms with van der Waals surface area (Å²) in [7, 11) is 0. The zero-order chi connectivity index (χ0) is 15.1. The largest absolute Gasteiger partial charge is 0.307 e. The number of nitrogens with one attached hydrogen (secondary N) is 1. The van der Waals surface area contributed by atoms with Gasteiger partial charge >= 0.3 is 0 Å². The lowest BCUT2D eigenvalue weighted by atomic mass is 10.2. The Hall–Kier alpha value is -2.11. The third kappa shape index (κ3) is 2.05. The van der Waals surface area contributed by atoms with Gasteiger partial charge in [0, 0.05) is 6.20 Å². The molecule has 0 saturated carbocycles. The molecule has 5 nitrogen and oxygen atoms in total. The molecule has 0 bridgehead atoms. The number of halogens is 1. The number of nitrogens with zero attached hydrogens (tertiary/aromatic N) is 3. The maximum absolute atomic E-state index is 13.0. The Bertz CT molecular complexity index is 878. The lowest BCUT2D eigenvalue weighted by Crippen LogP contribution is -2.30. The van der Waals surface area contributed by atoms with Crippen LogP contribution < -0.4 is 10.9 Å². The zero-order valence-electron chi connectivity index (χ0n) is 11.9. The van der Waals surface area contributed by atoms with Crippen molar-refractivity contribution in [1.29, 1.82) is 0 Å². The van der Waals surface area contributed by atoms with Crippen molar-refractivity contribution in [2.24, 2.45) is 0 Å². The van der Waals surface area contributed by atoms with Gasteiger partial charge in [0.15, 0.2) is 5.82 Å². The van der Waals surface area contributed by atoms with Gasteiger partial charge in [-0.3, -0.25) is 9.36 Å². The highest BCUT2D eigenvalue weighted by Gasteiger charge is 2.24. The molecule has 1 aliphatic heterocycles. The first kappa shape index (κ1) is 13.5. The monoisotopic (exact) mass is 314 g/mol. The molecule has 0 radical (unpaired) electrons. The van der Waals surface area contributed by atoms with Crippen LogP contribution in [0, 0.1) is 0 Å². The smallest absolute Gasteiger partial charge is 0.284 e. The summed E-state index contributed by atoms with van der Waals surface area (Å²) < 4.78 is 3.25. The van der Waals surface area contributed by atoms with Gasteiger partial charge in [-0.05, 0) is 37.6 Å². The Kier molecular flexibility index (Phi) is 3.24. The van der Waals surface area contributed by atoms with Crippen molar-refractivity contribution in [2.45, 2.75) is 18.9 Å². The van der Waals surface area contributed by atoms with Crippen LogP contribution in [0.1, 0.15) is 24.7 Å². The van der Waals surface area contributed by atoms with Gasteiger partial charge in [-0.15, -0.1) is 0 Å². The Balaban J connectivity index is 2.06. The van der Waals surface area contributed by atoms with E-state index in [0.29, 0.717) is 10.5 Å². The molecule has 22 heavy (non-hydrogen) atoms. The average molecular weight is 315 g/mol. The predicted octanol–water partition coefficient (Wildman–Crippen LogP) is 2.56. The SMILES string of the molecule is O=c1c2c(Cl)ccn2nc([C@@H]2CCCN2)n1-c1ccccc1. The summed E-state index contributed by atoms with van der Waals surface area (Å²) in [4.78, 5) is 13.0. The normalized spacial score (nSPS) is 18.1. The van der Waals surface area contributed by atoms with Crippen molar-refractivity contribution < 1.29 is 0 Å². The van der Waals surface area contributed by atoms with Gasteiger partial charge in [-0.25, -0.2) is 4.52 Å². The summed E-state index contributed by atoms with van der Waals surface area (Å²) in [6, 6.07) is 11.4. The topological polar surface area (TPSA) is 51.3 Å². The molecule has 4 rings (SSSR count). The lowest BCUT2D eigenvalue weighted by molar-refractivity contribution is 0.560. The summed E-state index contributed by atoms with van der Waals surface area (Å²) in [6.45, 7) is 0.944. The van der Waals surface area contributed by atoms with E-state index in [2.05, 4.69) is 10.4 Å².